The van der Waals surface area contributed by atoms with Gasteiger partial charge in [0.2, 0.25) is 0 Å². The van der Waals surface area contributed by atoms with Gasteiger partial charge >= 0.3 is 42.7 Å². The minimum atomic E-state index is -5.82. The number of carbonyl (C=O) groups excluding carboxylic acids is 2. The molecule has 13 nitrogen and oxygen atoms in total. The molecule has 2 N–H and O–H groups in total. The molecule has 4 bridgehead atoms. The Morgan fingerprint density at radius 3 is 1.60 bits per heavy atom. The molecule has 0 spiro atoms. The minimum absolute atomic E-state index is 0.0329. The second kappa shape index (κ2) is 12.8. The molecule has 4 saturated carbocycles. The van der Waals surface area contributed by atoms with E-state index in [0.29, 0.717) is 32.1 Å². The van der Waals surface area contributed by atoms with Crippen LogP contribution in [0.25, 0.3) is 0 Å². The van der Waals surface area contributed by atoms with Gasteiger partial charge in [-0.3, -0.25) is 18.7 Å². The van der Waals surface area contributed by atoms with Gasteiger partial charge in [-0.2, -0.15) is 34.4 Å². The van der Waals surface area contributed by atoms with Crippen LogP contribution in [0.1, 0.15) is 71.6 Å². The molecule has 4 fully saturated rings. The fourth-order valence-electron chi connectivity index (χ4n) is 9.91. The zero-order chi connectivity index (χ0) is 36.4. The lowest BCUT2D eigenvalue weighted by Gasteiger charge is -2.66. The summed E-state index contributed by atoms with van der Waals surface area (Å²) in [7, 11) is -7.21. The molecule has 0 saturated heterocycles. The zero-order valence-electron chi connectivity index (χ0n) is 27.4. The zero-order valence-corrected chi connectivity index (χ0v) is 29.0. The fourth-order valence-corrected chi connectivity index (χ4v) is 10.3. The molecule has 7 atom stereocenters. The first-order valence-corrected chi connectivity index (χ1v) is 18.4. The molecule has 48 heavy (non-hydrogen) atoms. The summed E-state index contributed by atoms with van der Waals surface area (Å²) in [4.78, 5) is 26.1. The smallest absolute Gasteiger partial charge is 0.402 e. The van der Waals surface area contributed by atoms with Crippen LogP contribution in [0.3, 0.4) is 0 Å². The molecule has 0 aliphatic heterocycles. The summed E-state index contributed by atoms with van der Waals surface area (Å²) in [5.74, 6) is -4.33. The van der Waals surface area contributed by atoms with Crippen LogP contribution < -0.4 is 0 Å². The minimum Gasteiger partial charge on any atom is -0.458 e. The summed E-state index contributed by atoms with van der Waals surface area (Å²) in [5.41, 5.74) is -3.64. The van der Waals surface area contributed by atoms with Gasteiger partial charge < -0.3 is 23.7 Å². The van der Waals surface area contributed by atoms with Crippen LogP contribution in [0.5, 0.6) is 0 Å². The van der Waals surface area contributed by atoms with Crippen molar-refractivity contribution in [3.05, 3.63) is 0 Å². The van der Waals surface area contributed by atoms with Gasteiger partial charge in [0.15, 0.2) is 13.2 Å². The molecule has 0 heterocycles. The highest BCUT2D eigenvalue weighted by atomic mass is 32.2. The molecule has 0 radical (unpaired) electrons. The van der Waals surface area contributed by atoms with Gasteiger partial charge in [-0.25, -0.2) is 0 Å². The monoisotopic (exact) mass is 740 g/mol. The van der Waals surface area contributed by atoms with Crippen molar-refractivity contribution in [3.8, 4) is 0 Å². The molecule has 19 heteroatoms. The number of fused-ring (bicyclic) bond motifs is 4. The third-order valence-electron chi connectivity index (χ3n) is 11.2. The second-order valence-electron chi connectivity index (χ2n) is 14.7. The van der Waals surface area contributed by atoms with E-state index in [1.165, 1.54) is 21.3 Å². The van der Waals surface area contributed by atoms with E-state index in [0.717, 1.165) is 0 Å². The molecule has 0 amide bonds. The third-order valence-corrected chi connectivity index (χ3v) is 12.9. The second-order valence-corrected chi connectivity index (χ2v) is 17.8. The first-order valence-electron chi connectivity index (χ1n) is 15.5. The summed E-state index contributed by atoms with van der Waals surface area (Å²) >= 11 is 0. The van der Waals surface area contributed by atoms with E-state index in [9.17, 15) is 44.0 Å². The normalized spacial score (nSPS) is 39.0. The lowest BCUT2D eigenvalue weighted by atomic mass is 9.43. The van der Waals surface area contributed by atoms with Gasteiger partial charge in [-0.1, -0.05) is 13.8 Å². The Hall–Kier alpha value is -1.64. The van der Waals surface area contributed by atoms with Gasteiger partial charge in [-0.15, -0.1) is 0 Å². The Kier molecular flexibility index (Phi) is 10.5. The van der Waals surface area contributed by atoms with Crippen LogP contribution >= 0.6 is 0 Å². The summed E-state index contributed by atoms with van der Waals surface area (Å²) in [5, 5.41) is -9.38. The first kappa shape index (κ1) is 39.2. The Labute approximate surface area is 277 Å². The molecule has 4 aliphatic rings. The van der Waals surface area contributed by atoms with E-state index in [2.05, 4.69) is 4.74 Å². The van der Waals surface area contributed by atoms with Crippen LogP contribution in [0.15, 0.2) is 0 Å². The Morgan fingerprint density at radius 2 is 1.19 bits per heavy atom. The van der Waals surface area contributed by atoms with Crippen molar-refractivity contribution in [2.45, 2.75) is 98.9 Å². The highest BCUT2D eigenvalue weighted by molar-refractivity contribution is 7.87. The molecule has 4 rings (SSSR count). The Morgan fingerprint density at radius 1 is 0.729 bits per heavy atom. The SMILES string of the molecule is COC12CC(C(=O)OCC(F)(F)S(=O)(=O)O)CC(OC)(C1)CC(C)(C1C3CC(C)CC1(OC)CC(C(=O)OCC(F)(F)S(=O)(=O)O)C3)C2. The largest absolute Gasteiger partial charge is 0.458 e. The third kappa shape index (κ3) is 7.24. The van der Waals surface area contributed by atoms with Crippen molar-refractivity contribution in [2.24, 2.45) is 35.0 Å². The van der Waals surface area contributed by atoms with Crippen molar-refractivity contribution in [1.82, 2.24) is 0 Å². The number of hydrogen-bond acceptors (Lipinski definition) is 11. The van der Waals surface area contributed by atoms with E-state index in [1.807, 2.05) is 13.8 Å². The lowest BCUT2D eigenvalue weighted by Crippen LogP contribution is -2.67. The fraction of sp³-hybridized carbons (Fsp3) is 0.931. The molecule has 0 aromatic heterocycles. The van der Waals surface area contributed by atoms with E-state index in [-0.39, 0.29) is 43.4 Å². The predicted octanol–water partition coefficient (Wildman–Crippen LogP) is 3.86. The van der Waals surface area contributed by atoms with E-state index >= 15 is 0 Å². The van der Waals surface area contributed by atoms with Crippen molar-refractivity contribution >= 4 is 32.2 Å². The van der Waals surface area contributed by atoms with Crippen molar-refractivity contribution < 1.29 is 76.8 Å². The van der Waals surface area contributed by atoms with Crippen LogP contribution in [0.2, 0.25) is 0 Å². The van der Waals surface area contributed by atoms with E-state index in [1.54, 1.807) is 0 Å². The summed E-state index contributed by atoms with van der Waals surface area (Å²) in [6.07, 6.45) is 2.57. The predicted molar refractivity (Wildman–Crippen MR) is 157 cm³/mol. The standard InChI is InChI=1S/C29H44F4O13S2/c1-17-6-18-7-19(22(34)45-15-28(30,31)47(36,37)38)11-27(8-17,44-5)21(18)24(2)12-25(42-3)9-20(10-26(13-24,14-25)43-4)23(35)46-16-29(32,33)48(39,40)41/h17-21H,6-16H2,1-5H3,(H,36,37,38)(H,39,40,41). The number of halogens is 4. The van der Waals surface area contributed by atoms with Crippen LogP contribution in [-0.4, -0.2) is 99.7 Å². The quantitative estimate of drug-likeness (QED) is 0.167. The highest BCUT2D eigenvalue weighted by Gasteiger charge is 2.67. The summed E-state index contributed by atoms with van der Waals surface area (Å²) in [6.45, 7) is 0.363. The average molecular weight is 741 g/mol. The number of hydrogen-bond donors (Lipinski definition) is 2. The molecule has 278 valence electrons. The van der Waals surface area contributed by atoms with Crippen molar-refractivity contribution in [1.29, 1.82) is 0 Å². The summed E-state index contributed by atoms with van der Waals surface area (Å²) in [6, 6.07) is 0. The van der Waals surface area contributed by atoms with Gasteiger partial charge in [0.1, 0.15) is 0 Å². The van der Waals surface area contributed by atoms with Gasteiger partial charge in [0.05, 0.1) is 28.6 Å². The van der Waals surface area contributed by atoms with Crippen LogP contribution in [0, 0.1) is 35.0 Å². The number of rotatable bonds is 12. The number of carbonyl (C=O) groups is 2. The maximum Gasteiger partial charge on any atom is 0.402 e. The van der Waals surface area contributed by atoms with Gasteiger partial charge in [0, 0.05) is 27.8 Å². The van der Waals surface area contributed by atoms with Crippen molar-refractivity contribution in [3.63, 3.8) is 0 Å². The summed E-state index contributed by atoms with van der Waals surface area (Å²) < 4.78 is 145. The molecule has 7 unspecified atom stereocenters. The highest BCUT2D eigenvalue weighted by Crippen LogP contribution is 2.67. The topological polar surface area (TPSA) is 189 Å². The maximum absolute atomic E-state index is 13.8. The Bertz CT molecular complexity index is 1450. The lowest BCUT2D eigenvalue weighted by molar-refractivity contribution is -0.261. The van der Waals surface area contributed by atoms with Crippen molar-refractivity contribution in [2.75, 3.05) is 34.5 Å². The molecular formula is C29H44F4O13S2. The number of methoxy groups -OCH3 is 3. The Balaban J connectivity index is 1.61. The number of ether oxygens (including phenoxy) is 5. The molecule has 0 aromatic rings. The van der Waals surface area contributed by atoms with Crippen LogP contribution in [0.4, 0.5) is 17.6 Å². The van der Waals surface area contributed by atoms with Gasteiger partial charge in [0.25, 0.3) is 0 Å². The molecule has 0 aromatic carbocycles. The molecule has 4 aliphatic carbocycles. The van der Waals surface area contributed by atoms with Gasteiger partial charge in [-0.05, 0) is 74.5 Å². The maximum atomic E-state index is 13.8. The number of esters is 2. The first-order chi connectivity index (χ1) is 21.8. The average Bonchev–Trinajstić information content (AvgIpc) is 2.96. The molecular weight excluding hydrogens is 696 g/mol. The van der Waals surface area contributed by atoms with Crippen LogP contribution in [-0.2, 0) is 53.5 Å². The number of alkyl halides is 4. The van der Waals surface area contributed by atoms with E-state index in [4.69, 9.17) is 28.1 Å². The van der Waals surface area contributed by atoms with E-state index < -0.39 is 90.0 Å².